The van der Waals surface area contributed by atoms with Crippen LogP contribution in [-0.2, 0) is 6.42 Å². The van der Waals surface area contributed by atoms with Crippen molar-refractivity contribution >= 4 is 11.6 Å². The molecule has 0 heterocycles. The van der Waals surface area contributed by atoms with Gasteiger partial charge < -0.3 is 10.1 Å². The predicted molar refractivity (Wildman–Crippen MR) is 78.7 cm³/mol. The maximum Gasteiger partial charge on any atom is 0.119 e. The van der Waals surface area contributed by atoms with E-state index in [-0.39, 0.29) is 0 Å². The van der Waals surface area contributed by atoms with Crippen LogP contribution in [0.4, 0.5) is 0 Å². The summed E-state index contributed by atoms with van der Waals surface area (Å²) in [5.74, 6) is 0.916. The van der Waals surface area contributed by atoms with Gasteiger partial charge in [0.05, 0.1) is 6.61 Å². The van der Waals surface area contributed by atoms with E-state index in [2.05, 4.69) is 26.1 Å². The zero-order valence-corrected chi connectivity index (χ0v) is 12.4. The molecule has 1 atom stereocenters. The Morgan fingerprint density at radius 2 is 2.11 bits per heavy atom. The van der Waals surface area contributed by atoms with Gasteiger partial charge in [0.1, 0.15) is 5.75 Å². The molecular weight excluding hydrogens is 246 g/mol. The summed E-state index contributed by atoms with van der Waals surface area (Å²) in [5, 5.41) is 4.27. The van der Waals surface area contributed by atoms with Crippen LogP contribution in [0.1, 0.15) is 39.2 Å². The van der Waals surface area contributed by atoms with E-state index < -0.39 is 0 Å². The van der Waals surface area contributed by atoms with Crippen LogP contribution in [0.15, 0.2) is 18.2 Å². The van der Waals surface area contributed by atoms with E-state index in [1.165, 1.54) is 0 Å². The second kappa shape index (κ2) is 8.39. The topological polar surface area (TPSA) is 21.3 Å². The Kier molecular flexibility index (Phi) is 7.14. The van der Waals surface area contributed by atoms with Gasteiger partial charge in [0.15, 0.2) is 0 Å². The van der Waals surface area contributed by atoms with Crippen LogP contribution >= 0.6 is 11.6 Å². The first-order chi connectivity index (χ1) is 8.67. The average Bonchev–Trinajstić information content (AvgIpc) is 2.39. The van der Waals surface area contributed by atoms with Gasteiger partial charge in [0, 0.05) is 11.1 Å². The SMILES string of the molecule is CCc1cc(OCCCN[C@H](C)CC)ccc1Cl. The normalized spacial score (nSPS) is 12.4. The van der Waals surface area contributed by atoms with Crippen LogP contribution in [0, 0.1) is 0 Å². The molecule has 0 saturated carbocycles. The zero-order chi connectivity index (χ0) is 13.4. The molecule has 0 amide bonds. The molecule has 0 fully saturated rings. The Labute approximate surface area is 116 Å². The van der Waals surface area contributed by atoms with Gasteiger partial charge in [-0.15, -0.1) is 0 Å². The van der Waals surface area contributed by atoms with Crippen LogP contribution in [0.25, 0.3) is 0 Å². The van der Waals surface area contributed by atoms with Crippen molar-refractivity contribution in [3.63, 3.8) is 0 Å². The average molecular weight is 270 g/mol. The summed E-state index contributed by atoms with van der Waals surface area (Å²) < 4.78 is 5.72. The summed E-state index contributed by atoms with van der Waals surface area (Å²) >= 11 is 6.07. The third-order valence-electron chi connectivity index (χ3n) is 3.09. The summed E-state index contributed by atoms with van der Waals surface area (Å²) in [6, 6.07) is 6.47. The standard InChI is InChI=1S/C15H24ClNO/c1-4-12(3)17-9-6-10-18-14-7-8-15(16)13(5-2)11-14/h7-8,11-12,17H,4-6,9-10H2,1-3H3/t12-/m1/s1. The molecule has 1 aromatic carbocycles. The van der Waals surface area contributed by atoms with E-state index in [0.717, 1.165) is 48.7 Å². The van der Waals surface area contributed by atoms with Crippen molar-refractivity contribution < 1.29 is 4.74 Å². The first kappa shape index (κ1) is 15.3. The smallest absolute Gasteiger partial charge is 0.119 e. The number of hydrogen-bond donors (Lipinski definition) is 1. The second-order valence-corrected chi connectivity index (χ2v) is 4.98. The summed E-state index contributed by atoms with van der Waals surface area (Å²) in [5.41, 5.74) is 1.15. The highest BCUT2D eigenvalue weighted by Gasteiger charge is 2.01. The van der Waals surface area contributed by atoms with Crippen molar-refractivity contribution in [2.75, 3.05) is 13.2 Å². The molecule has 102 valence electrons. The van der Waals surface area contributed by atoms with Gasteiger partial charge in [0.25, 0.3) is 0 Å². The van der Waals surface area contributed by atoms with Gasteiger partial charge in [-0.1, -0.05) is 25.4 Å². The third kappa shape index (κ3) is 5.28. The van der Waals surface area contributed by atoms with Crippen LogP contribution in [0.3, 0.4) is 0 Å². The fraction of sp³-hybridized carbons (Fsp3) is 0.600. The minimum atomic E-state index is 0.590. The maximum atomic E-state index is 6.07. The first-order valence-electron chi connectivity index (χ1n) is 6.82. The van der Waals surface area contributed by atoms with Crippen molar-refractivity contribution in [1.82, 2.24) is 5.32 Å². The number of aryl methyl sites for hydroxylation is 1. The van der Waals surface area contributed by atoms with Gasteiger partial charge in [-0.25, -0.2) is 0 Å². The minimum Gasteiger partial charge on any atom is -0.494 e. The number of benzene rings is 1. The lowest BCUT2D eigenvalue weighted by Gasteiger charge is -2.12. The van der Waals surface area contributed by atoms with Crippen LogP contribution in [0.2, 0.25) is 5.02 Å². The summed E-state index contributed by atoms with van der Waals surface area (Å²) in [6.45, 7) is 8.24. The molecule has 1 N–H and O–H groups in total. The largest absolute Gasteiger partial charge is 0.494 e. The van der Waals surface area contributed by atoms with Gasteiger partial charge in [-0.05, 0) is 56.5 Å². The monoisotopic (exact) mass is 269 g/mol. The molecule has 2 nitrogen and oxygen atoms in total. The highest BCUT2D eigenvalue weighted by Crippen LogP contribution is 2.22. The van der Waals surface area contributed by atoms with Crippen LogP contribution in [0.5, 0.6) is 5.75 Å². The first-order valence-corrected chi connectivity index (χ1v) is 7.19. The molecular formula is C15H24ClNO. The van der Waals surface area contributed by atoms with Crippen molar-refractivity contribution in [3.8, 4) is 5.75 Å². The molecule has 0 aliphatic carbocycles. The van der Waals surface area contributed by atoms with E-state index in [4.69, 9.17) is 16.3 Å². The second-order valence-electron chi connectivity index (χ2n) is 4.57. The Hall–Kier alpha value is -0.730. The Morgan fingerprint density at radius 3 is 2.78 bits per heavy atom. The lowest BCUT2D eigenvalue weighted by molar-refractivity contribution is 0.305. The molecule has 1 rings (SSSR count). The quantitative estimate of drug-likeness (QED) is 0.719. The van der Waals surface area contributed by atoms with Gasteiger partial charge in [-0.3, -0.25) is 0 Å². The Bertz CT molecular complexity index is 354. The number of halogens is 1. The molecule has 18 heavy (non-hydrogen) atoms. The third-order valence-corrected chi connectivity index (χ3v) is 3.46. The lowest BCUT2D eigenvalue weighted by atomic mass is 10.1. The predicted octanol–water partition coefficient (Wildman–Crippen LogP) is 4.06. The number of rotatable bonds is 8. The van der Waals surface area contributed by atoms with Gasteiger partial charge >= 0.3 is 0 Å². The zero-order valence-electron chi connectivity index (χ0n) is 11.6. The summed E-state index contributed by atoms with van der Waals surface area (Å²) in [6.07, 6.45) is 3.12. The molecule has 3 heteroatoms. The van der Waals surface area contributed by atoms with E-state index in [9.17, 15) is 0 Å². The van der Waals surface area contributed by atoms with E-state index in [1.807, 2.05) is 18.2 Å². The molecule has 0 aromatic heterocycles. The molecule has 0 aliphatic rings. The minimum absolute atomic E-state index is 0.590. The van der Waals surface area contributed by atoms with E-state index in [1.54, 1.807) is 0 Å². The molecule has 0 saturated heterocycles. The lowest BCUT2D eigenvalue weighted by Crippen LogP contribution is -2.27. The van der Waals surface area contributed by atoms with Crippen LogP contribution < -0.4 is 10.1 Å². The van der Waals surface area contributed by atoms with Gasteiger partial charge in [-0.2, -0.15) is 0 Å². The Morgan fingerprint density at radius 1 is 1.33 bits per heavy atom. The molecule has 0 aliphatic heterocycles. The Balaban J connectivity index is 2.27. The fourth-order valence-corrected chi connectivity index (χ4v) is 1.92. The fourth-order valence-electron chi connectivity index (χ4n) is 1.67. The number of nitrogens with one attached hydrogen (secondary N) is 1. The van der Waals surface area contributed by atoms with E-state index in [0.29, 0.717) is 6.04 Å². The van der Waals surface area contributed by atoms with Crippen molar-refractivity contribution in [2.45, 2.75) is 46.1 Å². The van der Waals surface area contributed by atoms with Crippen molar-refractivity contribution in [3.05, 3.63) is 28.8 Å². The summed E-state index contributed by atoms with van der Waals surface area (Å²) in [4.78, 5) is 0. The van der Waals surface area contributed by atoms with Gasteiger partial charge in [0.2, 0.25) is 0 Å². The van der Waals surface area contributed by atoms with E-state index >= 15 is 0 Å². The maximum absolute atomic E-state index is 6.07. The molecule has 0 bridgehead atoms. The number of hydrogen-bond acceptors (Lipinski definition) is 2. The molecule has 0 unspecified atom stereocenters. The highest BCUT2D eigenvalue weighted by atomic mass is 35.5. The van der Waals surface area contributed by atoms with Crippen molar-refractivity contribution in [2.24, 2.45) is 0 Å². The van der Waals surface area contributed by atoms with Crippen molar-refractivity contribution in [1.29, 1.82) is 0 Å². The molecule has 0 radical (unpaired) electrons. The number of ether oxygens (including phenoxy) is 1. The molecule has 1 aromatic rings. The molecule has 0 spiro atoms. The summed E-state index contributed by atoms with van der Waals surface area (Å²) in [7, 11) is 0. The highest BCUT2D eigenvalue weighted by molar-refractivity contribution is 6.31. The van der Waals surface area contributed by atoms with Crippen LogP contribution in [-0.4, -0.2) is 19.2 Å².